The van der Waals surface area contributed by atoms with Crippen LogP contribution in [0.25, 0.3) is 0 Å². The molecule has 0 saturated heterocycles. The number of halogens is 1. The molecule has 3 rings (SSSR count). The highest BCUT2D eigenvalue weighted by atomic mass is 19.1. The summed E-state index contributed by atoms with van der Waals surface area (Å²) in [5, 5.41) is 14.8. The molecule has 1 aliphatic heterocycles. The Bertz CT molecular complexity index is 989. The van der Waals surface area contributed by atoms with Gasteiger partial charge in [-0.2, -0.15) is 0 Å². The van der Waals surface area contributed by atoms with Gasteiger partial charge in [0.25, 0.3) is 5.91 Å². The van der Waals surface area contributed by atoms with Gasteiger partial charge in [0.2, 0.25) is 0 Å². The van der Waals surface area contributed by atoms with Crippen molar-refractivity contribution >= 4 is 17.6 Å². The Morgan fingerprint density at radius 2 is 1.93 bits per heavy atom. The minimum Gasteiger partial charge on any atom is -0.496 e. The summed E-state index contributed by atoms with van der Waals surface area (Å²) in [6, 6.07) is 8.00. The first-order chi connectivity index (χ1) is 14.3. The largest absolute Gasteiger partial charge is 0.496 e. The average molecular weight is 413 g/mol. The van der Waals surface area contributed by atoms with Crippen molar-refractivity contribution in [1.82, 2.24) is 10.2 Å². The van der Waals surface area contributed by atoms with E-state index in [9.17, 15) is 19.1 Å². The molecule has 2 aromatic rings. The van der Waals surface area contributed by atoms with E-state index in [1.165, 1.54) is 35.4 Å². The predicted molar refractivity (Wildman–Crippen MR) is 111 cm³/mol. The Balaban J connectivity index is 1.97. The van der Waals surface area contributed by atoms with Gasteiger partial charge < -0.3 is 20.5 Å². The van der Waals surface area contributed by atoms with E-state index in [-0.39, 0.29) is 18.7 Å². The van der Waals surface area contributed by atoms with Gasteiger partial charge in [-0.3, -0.25) is 9.69 Å². The van der Waals surface area contributed by atoms with E-state index in [4.69, 9.17) is 4.74 Å². The smallest absolute Gasteiger partial charge is 0.322 e. The molecule has 30 heavy (non-hydrogen) atoms. The number of ether oxygens (including phenoxy) is 1. The van der Waals surface area contributed by atoms with Crippen LogP contribution in [-0.4, -0.2) is 42.2 Å². The third kappa shape index (κ3) is 4.44. The Labute approximate surface area is 174 Å². The monoisotopic (exact) mass is 413 g/mol. The van der Waals surface area contributed by atoms with Gasteiger partial charge in [-0.15, -0.1) is 0 Å². The SMILES string of the molecule is COc1cc(NC(=O)C2=CN(CCO)C(=O)NC2c2ccc(F)cc2)c(C)cc1C. The number of aryl methyl sites for hydroxylation is 2. The first kappa shape index (κ1) is 21.3. The number of aliphatic hydroxyl groups is 1. The molecule has 0 aliphatic carbocycles. The van der Waals surface area contributed by atoms with Crippen LogP contribution < -0.4 is 15.4 Å². The number of anilines is 1. The molecule has 158 valence electrons. The molecular formula is C22H24FN3O4. The molecule has 2 aromatic carbocycles. The standard InChI is InChI=1S/C22H24FN3O4/c1-13-10-14(2)19(30-3)11-18(13)24-21(28)17-12-26(8-9-27)22(29)25-20(17)15-4-6-16(23)7-5-15/h4-7,10-12,20,27H,8-9H2,1-3H3,(H,24,28)(H,25,29). The summed E-state index contributed by atoms with van der Waals surface area (Å²) in [5.41, 5.74) is 3.19. The molecule has 7 nitrogen and oxygen atoms in total. The van der Waals surface area contributed by atoms with Crippen molar-refractivity contribution in [2.45, 2.75) is 19.9 Å². The second-order valence-electron chi connectivity index (χ2n) is 7.03. The van der Waals surface area contributed by atoms with Crippen molar-refractivity contribution in [1.29, 1.82) is 0 Å². The van der Waals surface area contributed by atoms with Crippen molar-refractivity contribution in [2.24, 2.45) is 0 Å². The molecule has 0 spiro atoms. The minimum absolute atomic E-state index is 0.0378. The second kappa shape index (κ2) is 8.96. The molecule has 3 amide bonds. The number of hydrogen-bond donors (Lipinski definition) is 3. The van der Waals surface area contributed by atoms with Crippen LogP contribution in [0.15, 0.2) is 48.2 Å². The van der Waals surface area contributed by atoms with Gasteiger partial charge in [-0.25, -0.2) is 9.18 Å². The molecule has 8 heteroatoms. The number of rotatable bonds is 6. The maximum atomic E-state index is 13.4. The van der Waals surface area contributed by atoms with Gasteiger partial charge in [0.15, 0.2) is 0 Å². The topological polar surface area (TPSA) is 90.9 Å². The van der Waals surface area contributed by atoms with Crippen LogP contribution in [-0.2, 0) is 4.79 Å². The number of nitrogens with one attached hydrogen (secondary N) is 2. The quantitative estimate of drug-likeness (QED) is 0.679. The lowest BCUT2D eigenvalue weighted by atomic mass is 9.96. The molecule has 1 heterocycles. The Hall–Kier alpha value is -3.39. The fraction of sp³-hybridized carbons (Fsp3) is 0.273. The van der Waals surface area contributed by atoms with Crippen molar-refractivity contribution in [2.75, 3.05) is 25.6 Å². The number of β-amino-alcohol motifs (C(OH)–C–C–N with tert-alkyl or cyclic N) is 1. The summed E-state index contributed by atoms with van der Waals surface area (Å²) in [5.74, 6) is -0.208. The van der Waals surface area contributed by atoms with E-state index in [2.05, 4.69) is 10.6 Å². The molecular weight excluding hydrogens is 389 g/mol. The number of benzene rings is 2. The van der Waals surface area contributed by atoms with Crippen LogP contribution >= 0.6 is 0 Å². The third-order valence-electron chi connectivity index (χ3n) is 4.93. The van der Waals surface area contributed by atoms with Crippen LogP contribution in [0.2, 0.25) is 0 Å². The number of urea groups is 1. The van der Waals surface area contributed by atoms with Gasteiger partial charge >= 0.3 is 6.03 Å². The van der Waals surface area contributed by atoms with E-state index >= 15 is 0 Å². The fourth-order valence-electron chi connectivity index (χ4n) is 3.35. The Morgan fingerprint density at radius 3 is 2.57 bits per heavy atom. The third-order valence-corrected chi connectivity index (χ3v) is 4.93. The van der Waals surface area contributed by atoms with Crippen LogP contribution in [0.3, 0.4) is 0 Å². The molecule has 0 aromatic heterocycles. The van der Waals surface area contributed by atoms with Crippen molar-refractivity contribution in [3.05, 3.63) is 70.7 Å². The van der Waals surface area contributed by atoms with Gasteiger partial charge in [0.1, 0.15) is 11.6 Å². The average Bonchev–Trinajstić information content (AvgIpc) is 2.72. The number of hydrogen-bond acceptors (Lipinski definition) is 4. The molecule has 3 N–H and O–H groups in total. The molecule has 1 unspecified atom stereocenters. The summed E-state index contributed by atoms with van der Waals surface area (Å²) >= 11 is 0. The van der Waals surface area contributed by atoms with E-state index in [1.54, 1.807) is 13.2 Å². The molecule has 0 saturated carbocycles. The Kier molecular flexibility index (Phi) is 6.37. The zero-order chi connectivity index (χ0) is 21.8. The Morgan fingerprint density at radius 1 is 1.23 bits per heavy atom. The summed E-state index contributed by atoms with van der Waals surface area (Å²) in [7, 11) is 1.56. The minimum atomic E-state index is -0.763. The van der Waals surface area contributed by atoms with Crippen LogP contribution in [0.4, 0.5) is 14.9 Å². The number of carbonyl (C=O) groups is 2. The van der Waals surface area contributed by atoms with Crippen molar-refractivity contribution in [3.8, 4) is 5.75 Å². The number of carbonyl (C=O) groups excluding carboxylic acids is 2. The highest BCUT2D eigenvalue weighted by Crippen LogP contribution is 2.30. The molecule has 0 bridgehead atoms. The van der Waals surface area contributed by atoms with Crippen LogP contribution in [0.5, 0.6) is 5.75 Å². The van der Waals surface area contributed by atoms with Gasteiger partial charge in [-0.05, 0) is 42.7 Å². The van der Waals surface area contributed by atoms with Gasteiger partial charge in [-0.1, -0.05) is 18.2 Å². The molecule has 0 radical (unpaired) electrons. The summed E-state index contributed by atoms with van der Waals surface area (Å²) in [6.07, 6.45) is 1.42. The van der Waals surface area contributed by atoms with E-state index in [0.29, 0.717) is 17.0 Å². The number of methoxy groups -OCH3 is 1. The highest BCUT2D eigenvalue weighted by molar-refractivity contribution is 6.06. The van der Waals surface area contributed by atoms with Gasteiger partial charge in [0.05, 0.1) is 31.9 Å². The molecule has 0 fully saturated rings. The summed E-state index contributed by atoms with van der Waals surface area (Å²) < 4.78 is 18.7. The first-order valence-corrected chi connectivity index (χ1v) is 9.45. The maximum absolute atomic E-state index is 13.4. The lowest BCUT2D eigenvalue weighted by molar-refractivity contribution is -0.113. The number of nitrogens with zero attached hydrogens (tertiary/aromatic N) is 1. The van der Waals surface area contributed by atoms with E-state index in [0.717, 1.165) is 11.1 Å². The molecule has 1 aliphatic rings. The molecule has 1 atom stereocenters. The summed E-state index contributed by atoms with van der Waals surface area (Å²) in [6.45, 7) is 3.56. The zero-order valence-electron chi connectivity index (χ0n) is 17.0. The second-order valence-corrected chi connectivity index (χ2v) is 7.03. The lowest BCUT2D eigenvalue weighted by Gasteiger charge is -2.31. The van der Waals surface area contributed by atoms with Crippen molar-refractivity contribution < 1.29 is 23.8 Å². The number of aliphatic hydroxyl groups excluding tert-OH is 1. The van der Waals surface area contributed by atoms with Crippen molar-refractivity contribution in [3.63, 3.8) is 0 Å². The van der Waals surface area contributed by atoms with Gasteiger partial charge in [0, 0.05) is 18.0 Å². The zero-order valence-corrected chi connectivity index (χ0v) is 17.0. The van der Waals surface area contributed by atoms with E-state index in [1.807, 2.05) is 19.9 Å². The van der Waals surface area contributed by atoms with Crippen LogP contribution in [0.1, 0.15) is 22.7 Å². The summed E-state index contributed by atoms with van der Waals surface area (Å²) in [4.78, 5) is 26.8. The maximum Gasteiger partial charge on any atom is 0.322 e. The normalized spacial score (nSPS) is 16.0. The highest BCUT2D eigenvalue weighted by Gasteiger charge is 2.32. The van der Waals surface area contributed by atoms with E-state index < -0.39 is 23.8 Å². The predicted octanol–water partition coefficient (Wildman–Crippen LogP) is 3.03. The lowest BCUT2D eigenvalue weighted by Crippen LogP contribution is -2.46. The fourth-order valence-corrected chi connectivity index (χ4v) is 3.35. The first-order valence-electron chi connectivity index (χ1n) is 9.45. The van der Waals surface area contributed by atoms with Crippen LogP contribution in [0, 0.1) is 19.7 Å². The number of amides is 3.